The maximum atomic E-state index is 12.7. The van der Waals surface area contributed by atoms with Crippen LogP contribution < -0.4 is 15.4 Å². The fourth-order valence-corrected chi connectivity index (χ4v) is 3.88. The third-order valence-corrected chi connectivity index (χ3v) is 5.53. The first-order chi connectivity index (χ1) is 13.8. The number of piperidine rings is 1. The first-order valence-corrected chi connectivity index (χ1v) is 9.84. The van der Waals surface area contributed by atoms with Gasteiger partial charge in [0.15, 0.2) is 5.96 Å². The molecule has 1 aromatic carbocycles. The summed E-state index contributed by atoms with van der Waals surface area (Å²) in [6, 6.07) is 6.32. The van der Waals surface area contributed by atoms with Gasteiger partial charge in [-0.1, -0.05) is 18.2 Å². The van der Waals surface area contributed by atoms with Crippen LogP contribution in [0.2, 0.25) is 0 Å². The van der Waals surface area contributed by atoms with Crippen LogP contribution in [0.1, 0.15) is 37.2 Å². The van der Waals surface area contributed by atoms with Crippen molar-refractivity contribution in [1.29, 1.82) is 0 Å². The number of likely N-dealkylation sites (tertiary alicyclic amines) is 1. The van der Waals surface area contributed by atoms with Crippen molar-refractivity contribution in [2.75, 3.05) is 27.2 Å². The molecular weight excluding hydrogens is 385 g/mol. The average Bonchev–Trinajstić information content (AvgIpc) is 3.45. The molecule has 0 spiro atoms. The van der Waals surface area contributed by atoms with E-state index in [0.717, 1.165) is 38.3 Å². The minimum Gasteiger partial charge on any atom is -0.405 e. The number of ether oxygens (including phenoxy) is 1. The van der Waals surface area contributed by atoms with Crippen molar-refractivity contribution >= 4 is 11.9 Å². The summed E-state index contributed by atoms with van der Waals surface area (Å²) in [5.74, 6) is 0.997. The van der Waals surface area contributed by atoms with Gasteiger partial charge < -0.3 is 20.3 Å². The second kappa shape index (κ2) is 8.92. The van der Waals surface area contributed by atoms with E-state index in [0.29, 0.717) is 17.9 Å². The Morgan fingerprint density at radius 3 is 2.59 bits per heavy atom. The molecule has 160 valence electrons. The van der Waals surface area contributed by atoms with E-state index in [1.807, 2.05) is 0 Å². The van der Waals surface area contributed by atoms with Crippen LogP contribution in [-0.4, -0.2) is 56.4 Å². The lowest BCUT2D eigenvalue weighted by Crippen LogP contribution is -2.47. The molecular formula is C20H27F3N4O2. The van der Waals surface area contributed by atoms with Crippen LogP contribution in [-0.2, 0) is 4.79 Å². The van der Waals surface area contributed by atoms with Gasteiger partial charge in [-0.25, -0.2) is 0 Å². The van der Waals surface area contributed by atoms with Crippen LogP contribution >= 0.6 is 0 Å². The number of hydrogen-bond acceptors (Lipinski definition) is 3. The monoisotopic (exact) mass is 412 g/mol. The Labute approximate surface area is 168 Å². The van der Waals surface area contributed by atoms with Gasteiger partial charge in [0.1, 0.15) is 5.75 Å². The molecule has 2 aliphatic rings. The van der Waals surface area contributed by atoms with Gasteiger partial charge in [0, 0.05) is 45.6 Å². The SMILES string of the molecule is CN=C(NC1CC1c1ccccc1OC(F)(F)F)N1CCC(CC(=O)NC)CC1. The van der Waals surface area contributed by atoms with Gasteiger partial charge in [-0.15, -0.1) is 13.2 Å². The Kier molecular flexibility index (Phi) is 6.54. The lowest BCUT2D eigenvalue weighted by Gasteiger charge is -2.34. The molecule has 29 heavy (non-hydrogen) atoms. The highest BCUT2D eigenvalue weighted by Crippen LogP contribution is 2.45. The van der Waals surface area contributed by atoms with Crippen molar-refractivity contribution in [2.45, 2.75) is 44.0 Å². The molecule has 1 saturated heterocycles. The van der Waals surface area contributed by atoms with Crippen LogP contribution in [0.5, 0.6) is 5.75 Å². The number of carbonyl (C=O) groups is 1. The fraction of sp³-hybridized carbons (Fsp3) is 0.600. The first-order valence-electron chi connectivity index (χ1n) is 9.84. The minimum absolute atomic E-state index is 0.0234. The van der Waals surface area contributed by atoms with Crippen molar-refractivity contribution in [3.05, 3.63) is 29.8 Å². The number of alkyl halides is 3. The van der Waals surface area contributed by atoms with E-state index in [2.05, 4.69) is 25.3 Å². The second-order valence-corrected chi connectivity index (χ2v) is 7.53. The van der Waals surface area contributed by atoms with Crippen LogP contribution in [0.15, 0.2) is 29.3 Å². The highest BCUT2D eigenvalue weighted by molar-refractivity contribution is 5.81. The molecule has 1 heterocycles. The molecule has 1 aliphatic heterocycles. The zero-order chi connectivity index (χ0) is 21.0. The quantitative estimate of drug-likeness (QED) is 0.577. The Morgan fingerprint density at radius 2 is 1.97 bits per heavy atom. The van der Waals surface area contributed by atoms with Gasteiger partial charge in [-0.3, -0.25) is 9.79 Å². The lowest BCUT2D eigenvalue weighted by atomic mass is 9.93. The van der Waals surface area contributed by atoms with Crippen molar-refractivity contribution in [3.8, 4) is 5.75 Å². The molecule has 1 aliphatic carbocycles. The number of hydrogen-bond donors (Lipinski definition) is 2. The maximum absolute atomic E-state index is 12.7. The lowest BCUT2D eigenvalue weighted by molar-refractivity contribution is -0.274. The highest BCUT2D eigenvalue weighted by atomic mass is 19.4. The van der Waals surface area contributed by atoms with E-state index < -0.39 is 6.36 Å². The van der Waals surface area contributed by atoms with Crippen molar-refractivity contribution in [3.63, 3.8) is 0 Å². The van der Waals surface area contributed by atoms with E-state index in [1.54, 1.807) is 26.2 Å². The first kappa shape index (κ1) is 21.3. The van der Waals surface area contributed by atoms with Gasteiger partial charge in [-0.2, -0.15) is 0 Å². The Balaban J connectivity index is 1.55. The molecule has 0 bridgehead atoms. The molecule has 2 N–H and O–H groups in total. The van der Waals surface area contributed by atoms with Crippen molar-refractivity contribution in [2.24, 2.45) is 10.9 Å². The standard InChI is InChI=1S/C20H27F3N4O2/c1-24-18(28)11-13-7-9-27(10-8-13)19(25-2)26-16-12-15(16)14-5-3-4-6-17(14)29-20(21,22)23/h3-6,13,15-16H,7-12H2,1-2H3,(H,24,28)(H,25,26). The molecule has 2 fully saturated rings. The molecule has 1 aromatic rings. The molecule has 6 nitrogen and oxygen atoms in total. The summed E-state index contributed by atoms with van der Waals surface area (Å²) in [6.45, 7) is 1.60. The summed E-state index contributed by atoms with van der Waals surface area (Å²) in [5, 5.41) is 6.04. The van der Waals surface area contributed by atoms with Crippen LogP contribution in [0.3, 0.4) is 0 Å². The predicted molar refractivity (Wildman–Crippen MR) is 104 cm³/mol. The third-order valence-electron chi connectivity index (χ3n) is 5.53. The molecule has 3 rings (SSSR count). The summed E-state index contributed by atoms with van der Waals surface area (Å²) in [5.41, 5.74) is 0.557. The summed E-state index contributed by atoms with van der Waals surface area (Å²) in [4.78, 5) is 18.0. The van der Waals surface area contributed by atoms with Crippen LogP contribution in [0.4, 0.5) is 13.2 Å². The smallest absolute Gasteiger partial charge is 0.405 e. The highest BCUT2D eigenvalue weighted by Gasteiger charge is 2.43. The molecule has 2 atom stereocenters. The minimum atomic E-state index is -4.71. The largest absolute Gasteiger partial charge is 0.573 e. The Hall–Kier alpha value is -2.45. The van der Waals surface area contributed by atoms with E-state index >= 15 is 0 Å². The van der Waals surface area contributed by atoms with Gasteiger partial charge in [0.2, 0.25) is 5.91 Å². The number of aliphatic imine (C=N–C) groups is 1. The van der Waals surface area contributed by atoms with Crippen molar-refractivity contribution < 1.29 is 22.7 Å². The maximum Gasteiger partial charge on any atom is 0.573 e. The molecule has 9 heteroatoms. The van der Waals surface area contributed by atoms with Gasteiger partial charge in [-0.05, 0) is 36.8 Å². The molecule has 1 amide bonds. The zero-order valence-electron chi connectivity index (χ0n) is 16.6. The van der Waals surface area contributed by atoms with Gasteiger partial charge in [0.25, 0.3) is 0 Å². The van der Waals surface area contributed by atoms with E-state index in [-0.39, 0.29) is 23.6 Å². The predicted octanol–water partition coefficient (Wildman–Crippen LogP) is 2.86. The number of guanidine groups is 1. The second-order valence-electron chi connectivity index (χ2n) is 7.53. The number of halogens is 3. The number of rotatable bonds is 5. The van der Waals surface area contributed by atoms with Gasteiger partial charge >= 0.3 is 6.36 Å². The Morgan fingerprint density at radius 1 is 1.28 bits per heavy atom. The number of amides is 1. The fourth-order valence-electron chi connectivity index (χ4n) is 3.88. The van der Waals surface area contributed by atoms with Crippen molar-refractivity contribution in [1.82, 2.24) is 15.5 Å². The summed E-state index contributed by atoms with van der Waals surface area (Å²) < 4.78 is 42.1. The number of para-hydroxylation sites is 1. The Bertz CT molecular complexity index is 745. The molecule has 0 aromatic heterocycles. The molecule has 2 unspecified atom stereocenters. The molecule has 0 radical (unpaired) electrons. The average molecular weight is 412 g/mol. The number of nitrogens with one attached hydrogen (secondary N) is 2. The number of nitrogens with zero attached hydrogens (tertiary/aromatic N) is 2. The third kappa shape index (κ3) is 5.77. The normalized spacial score (nSPS) is 22.9. The van der Waals surface area contributed by atoms with Crippen LogP contribution in [0, 0.1) is 5.92 Å². The van der Waals surface area contributed by atoms with Crippen LogP contribution in [0.25, 0.3) is 0 Å². The van der Waals surface area contributed by atoms with E-state index in [1.165, 1.54) is 12.1 Å². The number of carbonyl (C=O) groups excluding carboxylic acids is 1. The molecule has 1 saturated carbocycles. The summed E-state index contributed by atoms with van der Waals surface area (Å²) >= 11 is 0. The summed E-state index contributed by atoms with van der Waals surface area (Å²) in [6.07, 6.45) is -1.63. The topological polar surface area (TPSA) is 66.0 Å². The summed E-state index contributed by atoms with van der Waals surface area (Å²) in [7, 11) is 3.35. The van der Waals surface area contributed by atoms with E-state index in [9.17, 15) is 18.0 Å². The van der Waals surface area contributed by atoms with Gasteiger partial charge in [0.05, 0.1) is 0 Å². The van der Waals surface area contributed by atoms with E-state index in [4.69, 9.17) is 0 Å². The zero-order valence-corrected chi connectivity index (χ0v) is 16.6. The number of benzene rings is 1.